The molecule has 1 saturated carbocycles. The molecule has 1 saturated heterocycles. The first-order valence-corrected chi connectivity index (χ1v) is 8.01. The summed E-state index contributed by atoms with van der Waals surface area (Å²) in [4.78, 5) is 11.0. The maximum atomic E-state index is 11.0. The molecule has 1 aliphatic heterocycles. The van der Waals surface area contributed by atoms with Crippen molar-refractivity contribution in [2.24, 2.45) is 0 Å². The van der Waals surface area contributed by atoms with Gasteiger partial charge in [-0.1, -0.05) is 15.9 Å². The van der Waals surface area contributed by atoms with Crippen molar-refractivity contribution >= 4 is 22.0 Å². The van der Waals surface area contributed by atoms with E-state index in [0.29, 0.717) is 19.2 Å². The summed E-state index contributed by atoms with van der Waals surface area (Å²) in [6.45, 7) is 3.70. The van der Waals surface area contributed by atoms with Crippen LogP contribution in [0.25, 0.3) is 0 Å². The summed E-state index contributed by atoms with van der Waals surface area (Å²) in [5, 5.41) is 6.14. The van der Waals surface area contributed by atoms with E-state index in [1.807, 2.05) is 13.0 Å². The van der Waals surface area contributed by atoms with Crippen molar-refractivity contribution in [3.05, 3.63) is 27.7 Å². The maximum absolute atomic E-state index is 11.0. The lowest BCUT2D eigenvalue weighted by molar-refractivity contribution is 0.104. The lowest BCUT2D eigenvalue weighted by Gasteiger charge is -2.17. The Morgan fingerprint density at radius 2 is 2.29 bits per heavy atom. The second kappa shape index (κ2) is 6.23. The van der Waals surface area contributed by atoms with Gasteiger partial charge in [0.25, 0.3) is 0 Å². The van der Waals surface area contributed by atoms with Gasteiger partial charge in [-0.05, 0) is 37.5 Å². The van der Waals surface area contributed by atoms with Gasteiger partial charge in [0.15, 0.2) is 6.10 Å². The monoisotopic (exact) mass is 354 g/mol. The van der Waals surface area contributed by atoms with Gasteiger partial charge >= 0.3 is 6.09 Å². The quantitative estimate of drug-likeness (QED) is 0.823. The number of rotatable bonds is 6. The molecule has 2 aliphatic rings. The van der Waals surface area contributed by atoms with E-state index in [1.165, 1.54) is 12.8 Å². The summed E-state index contributed by atoms with van der Waals surface area (Å²) in [6, 6.07) is 4.77. The zero-order valence-corrected chi connectivity index (χ0v) is 13.5. The molecule has 3 rings (SSSR count). The van der Waals surface area contributed by atoms with Crippen LogP contribution in [0.5, 0.6) is 5.75 Å². The van der Waals surface area contributed by atoms with Gasteiger partial charge in [-0.2, -0.15) is 0 Å². The molecule has 1 heterocycles. The first-order valence-electron chi connectivity index (χ1n) is 7.21. The van der Waals surface area contributed by atoms with E-state index in [2.05, 4.69) is 32.6 Å². The number of ether oxygens (including phenoxy) is 2. The summed E-state index contributed by atoms with van der Waals surface area (Å²) in [5.74, 6) is 0.884. The van der Waals surface area contributed by atoms with Crippen molar-refractivity contribution < 1.29 is 14.3 Å². The number of benzene rings is 1. The van der Waals surface area contributed by atoms with Gasteiger partial charge in [-0.15, -0.1) is 0 Å². The smallest absolute Gasteiger partial charge is 0.407 e. The zero-order valence-electron chi connectivity index (χ0n) is 11.9. The summed E-state index contributed by atoms with van der Waals surface area (Å²) in [7, 11) is 0. The van der Waals surface area contributed by atoms with Gasteiger partial charge in [0, 0.05) is 22.6 Å². The topological polar surface area (TPSA) is 59.6 Å². The molecular formula is C15H19BrN2O3. The summed E-state index contributed by atoms with van der Waals surface area (Å²) >= 11 is 3.53. The number of hydrogen-bond donors (Lipinski definition) is 2. The van der Waals surface area contributed by atoms with Crippen LogP contribution in [0.15, 0.2) is 16.6 Å². The van der Waals surface area contributed by atoms with Crippen LogP contribution in [0.1, 0.15) is 24.0 Å². The molecule has 1 atom stereocenters. The highest BCUT2D eigenvalue weighted by atomic mass is 79.9. The number of amides is 1. The number of nitrogens with one attached hydrogen (secondary N) is 2. The molecule has 0 radical (unpaired) electrons. The van der Waals surface area contributed by atoms with Crippen molar-refractivity contribution in [2.45, 2.75) is 38.5 Å². The van der Waals surface area contributed by atoms with Gasteiger partial charge in [-0.25, -0.2) is 4.79 Å². The Labute approximate surface area is 132 Å². The third-order valence-electron chi connectivity index (χ3n) is 3.64. The SMILES string of the molecule is Cc1cc(Br)cc(CNC2CC2)c1OCC1CNC(=O)O1. The van der Waals surface area contributed by atoms with Crippen LogP contribution >= 0.6 is 15.9 Å². The number of carbonyl (C=O) groups is 1. The molecule has 1 aromatic rings. The molecule has 1 amide bonds. The van der Waals surface area contributed by atoms with E-state index in [0.717, 1.165) is 27.9 Å². The van der Waals surface area contributed by atoms with Gasteiger partial charge in [0.1, 0.15) is 12.4 Å². The van der Waals surface area contributed by atoms with E-state index in [9.17, 15) is 4.79 Å². The molecule has 1 aromatic carbocycles. The van der Waals surface area contributed by atoms with Crippen LogP contribution < -0.4 is 15.4 Å². The summed E-state index contributed by atoms with van der Waals surface area (Å²) in [6.07, 6.45) is 1.93. The second-order valence-corrected chi connectivity index (χ2v) is 6.50. The number of hydrogen-bond acceptors (Lipinski definition) is 4. The molecule has 2 N–H and O–H groups in total. The van der Waals surface area contributed by atoms with Crippen LogP contribution in [0.4, 0.5) is 4.79 Å². The van der Waals surface area contributed by atoms with Crippen LogP contribution in [0, 0.1) is 6.92 Å². The highest BCUT2D eigenvalue weighted by molar-refractivity contribution is 9.10. The number of halogens is 1. The van der Waals surface area contributed by atoms with Gasteiger partial charge in [0.05, 0.1) is 6.54 Å². The van der Waals surface area contributed by atoms with Crippen molar-refractivity contribution in [1.82, 2.24) is 10.6 Å². The molecule has 2 fully saturated rings. The van der Waals surface area contributed by atoms with Crippen LogP contribution in [0.2, 0.25) is 0 Å². The highest BCUT2D eigenvalue weighted by Gasteiger charge is 2.24. The molecule has 0 spiro atoms. The Morgan fingerprint density at radius 3 is 2.95 bits per heavy atom. The van der Waals surface area contributed by atoms with Crippen LogP contribution in [0.3, 0.4) is 0 Å². The zero-order chi connectivity index (χ0) is 14.8. The summed E-state index contributed by atoms with van der Waals surface area (Å²) in [5.41, 5.74) is 2.21. The number of cyclic esters (lactones) is 1. The molecule has 6 heteroatoms. The first-order chi connectivity index (χ1) is 10.1. The van der Waals surface area contributed by atoms with Crippen molar-refractivity contribution in [3.63, 3.8) is 0 Å². The predicted octanol–water partition coefficient (Wildman–Crippen LogP) is 2.50. The Balaban J connectivity index is 1.67. The van der Waals surface area contributed by atoms with Gasteiger partial charge < -0.3 is 20.1 Å². The van der Waals surface area contributed by atoms with E-state index < -0.39 is 0 Å². The van der Waals surface area contributed by atoms with Gasteiger partial charge in [0.2, 0.25) is 0 Å². The lowest BCUT2D eigenvalue weighted by atomic mass is 10.1. The average Bonchev–Trinajstić information content (AvgIpc) is 3.17. The Bertz CT molecular complexity index is 546. The molecule has 0 aromatic heterocycles. The maximum Gasteiger partial charge on any atom is 0.407 e. The first kappa shape index (κ1) is 14.7. The molecule has 114 valence electrons. The third kappa shape index (κ3) is 3.89. The third-order valence-corrected chi connectivity index (χ3v) is 4.09. The van der Waals surface area contributed by atoms with Crippen molar-refractivity contribution in [1.29, 1.82) is 0 Å². The second-order valence-electron chi connectivity index (χ2n) is 5.59. The largest absolute Gasteiger partial charge is 0.489 e. The fraction of sp³-hybridized carbons (Fsp3) is 0.533. The minimum atomic E-state index is -0.369. The molecular weight excluding hydrogens is 336 g/mol. The van der Waals surface area contributed by atoms with Crippen molar-refractivity contribution in [3.8, 4) is 5.75 Å². The Kier molecular flexibility index (Phi) is 4.35. The van der Waals surface area contributed by atoms with Crippen molar-refractivity contribution in [2.75, 3.05) is 13.2 Å². The minimum Gasteiger partial charge on any atom is -0.489 e. The normalized spacial score (nSPS) is 21.0. The number of carbonyl (C=O) groups excluding carboxylic acids is 1. The standard InChI is InChI=1S/C15H19BrN2O3/c1-9-4-11(16)5-10(6-17-12-2-3-12)14(9)20-8-13-7-18-15(19)21-13/h4-5,12-13,17H,2-3,6-8H2,1H3,(H,18,19). The highest BCUT2D eigenvalue weighted by Crippen LogP contribution is 2.29. The number of alkyl carbamates (subject to hydrolysis) is 1. The van der Waals surface area contributed by atoms with E-state index in [-0.39, 0.29) is 12.2 Å². The predicted molar refractivity (Wildman–Crippen MR) is 82.5 cm³/mol. The van der Waals surface area contributed by atoms with Gasteiger partial charge in [-0.3, -0.25) is 0 Å². The molecule has 1 aliphatic carbocycles. The van der Waals surface area contributed by atoms with Crippen LogP contribution in [-0.2, 0) is 11.3 Å². The molecule has 5 nitrogen and oxygen atoms in total. The molecule has 21 heavy (non-hydrogen) atoms. The Hall–Kier alpha value is -1.27. The van der Waals surface area contributed by atoms with Crippen LogP contribution in [-0.4, -0.2) is 31.4 Å². The molecule has 0 bridgehead atoms. The fourth-order valence-electron chi connectivity index (χ4n) is 2.38. The minimum absolute atomic E-state index is 0.218. The van der Waals surface area contributed by atoms with E-state index >= 15 is 0 Å². The summed E-state index contributed by atoms with van der Waals surface area (Å²) < 4.78 is 12.1. The van der Waals surface area contributed by atoms with E-state index in [1.54, 1.807) is 0 Å². The fourth-order valence-corrected chi connectivity index (χ4v) is 3.00. The Morgan fingerprint density at radius 1 is 1.48 bits per heavy atom. The molecule has 1 unspecified atom stereocenters. The average molecular weight is 355 g/mol. The lowest BCUT2D eigenvalue weighted by Crippen LogP contribution is -2.23. The number of aryl methyl sites for hydroxylation is 1. The van der Waals surface area contributed by atoms with E-state index in [4.69, 9.17) is 9.47 Å².